The summed E-state index contributed by atoms with van der Waals surface area (Å²) in [6.07, 6.45) is 0.180. The molecule has 2 aromatic rings. The number of aryl methyl sites for hydroxylation is 1. The molecule has 128 valence electrons. The molecule has 1 amide bonds. The molecule has 1 unspecified atom stereocenters. The van der Waals surface area contributed by atoms with Crippen LogP contribution in [0.2, 0.25) is 0 Å². The second kappa shape index (κ2) is 6.02. The van der Waals surface area contributed by atoms with Gasteiger partial charge in [0.25, 0.3) is 5.56 Å². The molecule has 1 aliphatic rings. The van der Waals surface area contributed by atoms with E-state index >= 15 is 0 Å². The summed E-state index contributed by atoms with van der Waals surface area (Å²) in [7, 11) is 1.61. The lowest BCUT2D eigenvalue weighted by Crippen LogP contribution is -2.54. The van der Waals surface area contributed by atoms with Crippen molar-refractivity contribution in [2.75, 3.05) is 13.1 Å². The minimum Gasteiger partial charge on any atom is -0.369 e. The van der Waals surface area contributed by atoms with Gasteiger partial charge < -0.3 is 9.64 Å². The van der Waals surface area contributed by atoms with Crippen LogP contribution in [0.1, 0.15) is 26.5 Å². The molecule has 0 radical (unpaired) electrons. The fraction of sp³-hybridized carbons (Fsp3) is 0.500. The Bertz CT molecular complexity index is 841. The number of amides is 1. The Morgan fingerprint density at radius 2 is 2.00 bits per heavy atom. The van der Waals surface area contributed by atoms with Crippen molar-refractivity contribution in [2.45, 2.75) is 38.9 Å². The number of carbonyl (C=O) groups excluding carboxylic acids is 1. The van der Waals surface area contributed by atoms with Gasteiger partial charge in [-0.15, -0.1) is 0 Å². The van der Waals surface area contributed by atoms with Gasteiger partial charge in [-0.1, -0.05) is 18.2 Å². The van der Waals surface area contributed by atoms with E-state index in [-0.39, 0.29) is 29.6 Å². The van der Waals surface area contributed by atoms with Crippen molar-refractivity contribution < 1.29 is 9.53 Å². The zero-order valence-electron chi connectivity index (χ0n) is 14.6. The molecule has 0 spiro atoms. The first-order valence-electron chi connectivity index (χ1n) is 8.17. The van der Waals surface area contributed by atoms with E-state index in [1.807, 2.05) is 43.9 Å². The lowest BCUT2D eigenvalue weighted by Gasteiger charge is -2.41. The Morgan fingerprint density at radius 1 is 1.33 bits per heavy atom. The van der Waals surface area contributed by atoms with E-state index < -0.39 is 0 Å². The Kier molecular flexibility index (Phi) is 4.17. The first-order chi connectivity index (χ1) is 11.3. The lowest BCUT2D eigenvalue weighted by molar-refractivity contribution is -0.157. The molecule has 0 N–H and O–H groups in total. The number of aromatic nitrogens is 2. The number of rotatable bonds is 2. The molecule has 1 aromatic carbocycles. The summed E-state index contributed by atoms with van der Waals surface area (Å²) in [5.41, 5.74) is 0.129. The molecule has 0 aliphatic carbocycles. The normalized spacial score (nSPS) is 20.3. The number of hydrogen-bond acceptors (Lipinski definition) is 4. The van der Waals surface area contributed by atoms with Gasteiger partial charge in [-0.3, -0.25) is 9.59 Å². The highest BCUT2D eigenvalue weighted by atomic mass is 16.5. The second-order valence-corrected chi connectivity index (χ2v) is 7.06. The topological polar surface area (TPSA) is 64.4 Å². The van der Waals surface area contributed by atoms with Crippen LogP contribution in [-0.2, 0) is 23.0 Å². The van der Waals surface area contributed by atoms with Gasteiger partial charge in [0, 0.05) is 25.5 Å². The van der Waals surface area contributed by atoms with Crippen LogP contribution in [0, 0.1) is 0 Å². The van der Waals surface area contributed by atoms with Gasteiger partial charge in [0.2, 0.25) is 5.91 Å². The zero-order valence-corrected chi connectivity index (χ0v) is 14.6. The van der Waals surface area contributed by atoms with Gasteiger partial charge in [0.05, 0.1) is 29.2 Å². The summed E-state index contributed by atoms with van der Waals surface area (Å²) >= 11 is 0. The number of hydrogen-bond donors (Lipinski definition) is 0. The summed E-state index contributed by atoms with van der Waals surface area (Å²) in [5, 5.41) is 5.65. The summed E-state index contributed by atoms with van der Waals surface area (Å²) < 4.78 is 7.16. The molecule has 1 saturated heterocycles. The SMILES string of the molecule is CC1CN(C(=O)Cc2nn(C)c(=O)c3ccccc23)CC(C)(C)O1. The highest BCUT2D eigenvalue weighted by Crippen LogP contribution is 2.22. The third kappa shape index (κ3) is 3.19. The predicted molar refractivity (Wildman–Crippen MR) is 91.9 cm³/mol. The summed E-state index contributed by atoms with van der Waals surface area (Å²) in [6.45, 7) is 7.08. The minimum absolute atomic E-state index is 0.00234. The van der Waals surface area contributed by atoms with E-state index in [0.29, 0.717) is 24.2 Å². The molecular weight excluding hydrogens is 306 g/mol. The highest BCUT2D eigenvalue weighted by Gasteiger charge is 2.33. The van der Waals surface area contributed by atoms with Crippen LogP contribution in [0.15, 0.2) is 29.1 Å². The largest absolute Gasteiger partial charge is 0.369 e. The molecular formula is C18H23N3O3. The maximum Gasteiger partial charge on any atom is 0.274 e. The van der Waals surface area contributed by atoms with Crippen LogP contribution in [0.4, 0.5) is 0 Å². The average molecular weight is 329 g/mol. The van der Waals surface area contributed by atoms with Crippen molar-refractivity contribution in [1.29, 1.82) is 0 Å². The molecule has 1 fully saturated rings. The van der Waals surface area contributed by atoms with E-state index in [1.165, 1.54) is 4.68 Å². The fourth-order valence-corrected chi connectivity index (χ4v) is 3.41. The van der Waals surface area contributed by atoms with Gasteiger partial charge in [-0.05, 0) is 26.8 Å². The molecule has 2 heterocycles. The van der Waals surface area contributed by atoms with Crippen molar-refractivity contribution in [3.63, 3.8) is 0 Å². The Morgan fingerprint density at radius 3 is 2.67 bits per heavy atom. The number of carbonyl (C=O) groups is 1. The quantitative estimate of drug-likeness (QED) is 0.838. The summed E-state index contributed by atoms with van der Waals surface area (Å²) in [4.78, 5) is 26.8. The van der Waals surface area contributed by atoms with Crippen molar-refractivity contribution in [1.82, 2.24) is 14.7 Å². The van der Waals surface area contributed by atoms with Crippen molar-refractivity contribution in [2.24, 2.45) is 7.05 Å². The summed E-state index contributed by atoms with van der Waals surface area (Å²) in [6, 6.07) is 7.30. The predicted octanol–water partition coefficient (Wildman–Crippen LogP) is 1.50. The van der Waals surface area contributed by atoms with Gasteiger partial charge in [-0.2, -0.15) is 5.10 Å². The molecule has 1 aromatic heterocycles. The minimum atomic E-state index is -0.355. The van der Waals surface area contributed by atoms with E-state index in [0.717, 1.165) is 5.39 Å². The van der Waals surface area contributed by atoms with Gasteiger partial charge in [-0.25, -0.2) is 4.68 Å². The number of nitrogens with zero attached hydrogens (tertiary/aromatic N) is 3. The molecule has 3 rings (SSSR count). The van der Waals surface area contributed by atoms with Crippen LogP contribution >= 0.6 is 0 Å². The molecule has 0 bridgehead atoms. The number of fused-ring (bicyclic) bond motifs is 1. The van der Waals surface area contributed by atoms with Gasteiger partial charge in [0.15, 0.2) is 0 Å². The van der Waals surface area contributed by atoms with Gasteiger partial charge in [0.1, 0.15) is 0 Å². The van der Waals surface area contributed by atoms with Crippen LogP contribution in [-0.4, -0.2) is 45.4 Å². The number of benzene rings is 1. The zero-order chi connectivity index (χ0) is 17.5. The molecule has 24 heavy (non-hydrogen) atoms. The van der Waals surface area contributed by atoms with Crippen LogP contribution < -0.4 is 5.56 Å². The van der Waals surface area contributed by atoms with Crippen molar-refractivity contribution in [3.05, 3.63) is 40.3 Å². The molecule has 0 saturated carbocycles. The van der Waals surface area contributed by atoms with Crippen LogP contribution in [0.5, 0.6) is 0 Å². The third-order valence-electron chi connectivity index (χ3n) is 4.27. The Hall–Kier alpha value is -2.21. The molecule has 6 heteroatoms. The highest BCUT2D eigenvalue weighted by molar-refractivity contribution is 5.88. The van der Waals surface area contributed by atoms with Gasteiger partial charge >= 0.3 is 0 Å². The maximum absolute atomic E-state index is 12.8. The van der Waals surface area contributed by atoms with Crippen molar-refractivity contribution >= 4 is 16.7 Å². The number of morpholine rings is 1. The first kappa shape index (κ1) is 16.6. The first-order valence-corrected chi connectivity index (χ1v) is 8.17. The Balaban J connectivity index is 1.91. The third-order valence-corrected chi connectivity index (χ3v) is 4.27. The summed E-state index contributed by atoms with van der Waals surface area (Å²) in [5.74, 6) is 0.00882. The monoisotopic (exact) mass is 329 g/mol. The maximum atomic E-state index is 12.8. The standard InChI is InChI=1S/C18H23N3O3/c1-12-10-21(11-18(2,3)24-12)16(22)9-15-13-7-5-6-8-14(13)17(23)20(4)19-15/h5-8,12H,9-11H2,1-4H3. The average Bonchev–Trinajstić information content (AvgIpc) is 2.50. The number of ether oxygens (including phenoxy) is 1. The van der Waals surface area contributed by atoms with E-state index in [4.69, 9.17) is 4.74 Å². The molecule has 6 nitrogen and oxygen atoms in total. The van der Waals surface area contributed by atoms with Crippen LogP contribution in [0.25, 0.3) is 10.8 Å². The molecule has 1 atom stereocenters. The van der Waals surface area contributed by atoms with E-state index in [1.54, 1.807) is 13.1 Å². The van der Waals surface area contributed by atoms with Crippen LogP contribution in [0.3, 0.4) is 0 Å². The smallest absolute Gasteiger partial charge is 0.274 e. The fourth-order valence-electron chi connectivity index (χ4n) is 3.41. The lowest BCUT2D eigenvalue weighted by atomic mass is 10.0. The second-order valence-electron chi connectivity index (χ2n) is 7.06. The van der Waals surface area contributed by atoms with E-state index in [2.05, 4.69) is 5.10 Å². The van der Waals surface area contributed by atoms with Crippen molar-refractivity contribution in [3.8, 4) is 0 Å². The van der Waals surface area contributed by atoms with E-state index in [9.17, 15) is 9.59 Å². The Labute approximate surface area is 141 Å². The molecule has 1 aliphatic heterocycles.